The lowest BCUT2D eigenvalue weighted by Gasteiger charge is -1.99. The summed E-state index contributed by atoms with van der Waals surface area (Å²) in [6.45, 7) is 3.34. The normalized spacial score (nSPS) is 10.8. The van der Waals surface area contributed by atoms with Crippen LogP contribution in [0, 0.1) is 0 Å². The highest BCUT2D eigenvalue weighted by Crippen LogP contribution is 2.26. The van der Waals surface area contributed by atoms with E-state index in [0.717, 1.165) is 11.8 Å². The predicted octanol–water partition coefficient (Wildman–Crippen LogP) is 3.06. The van der Waals surface area contributed by atoms with Gasteiger partial charge in [-0.1, -0.05) is 6.92 Å². The Morgan fingerprint density at radius 3 is 2.61 bits per heavy atom. The highest BCUT2D eigenvalue weighted by atomic mass is 16.3. The van der Waals surface area contributed by atoms with Gasteiger partial charge in [-0.15, -0.1) is 0 Å². The molecule has 1 aromatic heterocycles. The molecule has 0 unspecified atom stereocenters. The number of Topliss-reactive ketones (excluding diaryl/α,β-unsaturated/α-hetero) is 2. The van der Waals surface area contributed by atoms with Crippen LogP contribution >= 0.6 is 0 Å². The number of nitrogens with one attached hydrogen (secondary N) is 1. The van der Waals surface area contributed by atoms with Gasteiger partial charge < -0.3 is 10.1 Å². The van der Waals surface area contributed by atoms with Crippen molar-refractivity contribution in [2.45, 2.75) is 26.7 Å². The van der Waals surface area contributed by atoms with Crippen molar-refractivity contribution >= 4 is 22.5 Å². The van der Waals surface area contributed by atoms with Gasteiger partial charge in [0.15, 0.2) is 11.6 Å². The van der Waals surface area contributed by atoms with Gasteiger partial charge in [-0.25, -0.2) is 0 Å². The molecule has 1 aromatic carbocycles. The fourth-order valence-electron chi connectivity index (χ4n) is 1.96. The highest BCUT2D eigenvalue weighted by molar-refractivity contribution is 6.04. The minimum atomic E-state index is -0.197. The van der Waals surface area contributed by atoms with E-state index in [0.29, 0.717) is 17.6 Å². The van der Waals surface area contributed by atoms with Crippen LogP contribution in [0.1, 0.15) is 47.5 Å². The first-order chi connectivity index (χ1) is 8.52. The summed E-state index contributed by atoms with van der Waals surface area (Å²) in [6.07, 6.45) is 1.27. The zero-order valence-electron chi connectivity index (χ0n) is 10.4. The van der Waals surface area contributed by atoms with Crippen LogP contribution in [-0.2, 0) is 0 Å². The first kappa shape index (κ1) is 12.4. The van der Waals surface area contributed by atoms with E-state index >= 15 is 0 Å². The summed E-state index contributed by atoms with van der Waals surface area (Å²) in [4.78, 5) is 26.0. The van der Waals surface area contributed by atoms with Crippen molar-refractivity contribution in [3.05, 3.63) is 29.5 Å². The third-order valence-corrected chi connectivity index (χ3v) is 2.89. The van der Waals surface area contributed by atoms with E-state index in [2.05, 4.69) is 4.98 Å². The predicted molar refractivity (Wildman–Crippen MR) is 69.2 cm³/mol. The molecular formula is C14H15NO3. The summed E-state index contributed by atoms with van der Waals surface area (Å²) in [5.41, 5.74) is 1.46. The number of hydrogen-bond donors (Lipinski definition) is 2. The molecule has 1 heterocycles. The van der Waals surface area contributed by atoms with E-state index in [9.17, 15) is 14.7 Å². The smallest absolute Gasteiger partial charge is 0.179 e. The maximum Gasteiger partial charge on any atom is 0.179 e. The van der Waals surface area contributed by atoms with E-state index < -0.39 is 0 Å². The standard InChI is InChI=1S/C14H15NO3/c1-3-4-13(17)12-6-9-5-10(8(2)16)14(18)7-11(9)15-12/h5-7,15,18H,3-4H2,1-2H3. The SMILES string of the molecule is CCCC(=O)c1cc2cc(C(C)=O)c(O)cc2[nH]1. The molecule has 0 saturated carbocycles. The molecule has 2 N–H and O–H groups in total. The molecule has 4 heteroatoms. The molecule has 2 rings (SSSR count). The summed E-state index contributed by atoms with van der Waals surface area (Å²) >= 11 is 0. The minimum Gasteiger partial charge on any atom is -0.507 e. The molecule has 0 atom stereocenters. The largest absolute Gasteiger partial charge is 0.507 e. The molecular weight excluding hydrogens is 230 g/mol. The van der Waals surface area contributed by atoms with Gasteiger partial charge in [0.2, 0.25) is 0 Å². The lowest BCUT2D eigenvalue weighted by Crippen LogP contribution is -1.97. The van der Waals surface area contributed by atoms with Gasteiger partial charge in [0.1, 0.15) is 5.75 Å². The molecule has 18 heavy (non-hydrogen) atoms. The molecule has 0 bridgehead atoms. The van der Waals surface area contributed by atoms with Crippen LogP contribution in [-0.4, -0.2) is 21.7 Å². The molecule has 4 nitrogen and oxygen atoms in total. The summed E-state index contributed by atoms with van der Waals surface area (Å²) in [5.74, 6) is -0.221. The van der Waals surface area contributed by atoms with Crippen molar-refractivity contribution < 1.29 is 14.7 Å². The topological polar surface area (TPSA) is 70.2 Å². The van der Waals surface area contributed by atoms with Crippen molar-refractivity contribution in [1.29, 1.82) is 0 Å². The Balaban J connectivity index is 2.52. The van der Waals surface area contributed by atoms with Crippen molar-refractivity contribution in [3.8, 4) is 5.75 Å². The maximum atomic E-state index is 11.8. The first-order valence-corrected chi connectivity index (χ1v) is 5.92. The quantitative estimate of drug-likeness (QED) is 0.813. The van der Waals surface area contributed by atoms with E-state index in [1.165, 1.54) is 13.0 Å². The number of fused-ring (bicyclic) bond motifs is 1. The van der Waals surface area contributed by atoms with Crippen molar-refractivity contribution in [1.82, 2.24) is 4.98 Å². The molecule has 94 valence electrons. The number of ketones is 2. The number of hydrogen-bond acceptors (Lipinski definition) is 3. The number of aromatic amines is 1. The average molecular weight is 245 g/mol. The Morgan fingerprint density at radius 1 is 1.28 bits per heavy atom. The maximum absolute atomic E-state index is 11.8. The summed E-state index contributed by atoms with van der Waals surface area (Å²) in [6, 6.07) is 4.81. The second-order valence-corrected chi connectivity index (χ2v) is 4.37. The van der Waals surface area contributed by atoms with Gasteiger partial charge in [0.05, 0.1) is 11.3 Å². The van der Waals surface area contributed by atoms with Crippen molar-refractivity contribution in [2.24, 2.45) is 0 Å². The fraction of sp³-hybridized carbons (Fsp3) is 0.286. The van der Waals surface area contributed by atoms with E-state index in [1.54, 1.807) is 12.1 Å². The summed E-state index contributed by atoms with van der Waals surface area (Å²) in [7, 11) is 0. The molecule has 0 aliphatic carbocycles. The van der Waals surface area contributed by atoms with Gasteiger partial charge >= 0.3 is 0 Å². The zero-order valence-corrected chi connectivity index (χ0v) is 10.4. The molecule has 0 radical (unpaired) electrons. The lowest BCUT2D eigenvalue weighted by atomic mass is 10.1. The van der Waals surface area contributed by atoms with E-state index in [-0.39, 0.29) is 22.9 Å². The molecule has 0 fully saturated rings. The van der Waals surface area contributed by atoms with Crippen LogP contribution in [0.4, 0.5) is 0 Å². The number of rotatable bonds is 4. The van der Waals surface area contributed by atoms with Crippen LogP contribution in [0.3, 0.4) is 0 Å². The molecule has 0 amide bonds. The van der Waals surface area contributed by atoms with Crippen molar-refractivity contribution in [3.63, 3.8) is 0 Å². The fourth-order valence-corrected chi connectivity index (χ4v) is 1.96. The summed E-state index contributed by atoms with van der Waals surface area (Å²) < 4.78 is 0. The van der Waals surface area contributed by atoms with Gasteiger partial charge in [0, 0.05) is 23.4 Å². The molecule has 0 aliphatic heterocycles. The van der Waals surface area contributed by atoms with Crippen LogP contribution in [0.15, 0.2) is 18.2 Å². The number of carbonyl (C=O) groups excluding carboxylic acids is 2. The number of phenolic OH excluding ortho intramolecular Hbond substituents is 1. The van der Waals surface area contributed by atoms with E-state index in [4.69, 9.17) is 0 Å². The number of benzene rings is 1. The number of H-pyrrole nitrogens is 1. The Hall–Kier alpha value is -2.10. The van der Waals surface area contributed by atoms with Crippen LogP contribution < -0.4 is 0 Å². The van der Waals surface area contributed by atoms with Gasteiger partial charge in [-0.05, 0) is 25.5 Å². The Kier molecular flexibility index (Phi) is 3.19. The average Bonchev–Trinajstić information content (AvgIpc) is 2.70. The number of phenols is 1. The molecule has 0 aliphatic rings. The van der Waals surface area contributed by atoms with Crippen LogP contribution in [0.2, 0.25) is 0 Å². The van der Waals surface area contributed by atoms with Crippen molar-refractivity contribution in [2.75, 3.05) is 0 Å². The number of aromatic nitrogens is 1. The third-order valence-electron chi connectivity index (χ3n) is 2.89. The minimum absolute atomic E-state index is 0.0394. The Morgan fingerprint density at radius 2 is 2.00 bits per heavy atom. The molecule has 2 aromatic rings. The summed E-state index contributed by atoms with van der Waals surface area (Å²) in [5, 5.41) is 10.5. The number of aromatic hydroxyl groups is 1. The Bertz CT molecular complexity index is 625. The second kappa shape index (κ2) is 4.64. The van der Waals surface area contributed by atoms with Crippen LogP contribution in [0.25, 0.3) is 10.9 Å². The monoisotopic (exact) mass is 245 g/mol. The highest BCUT2D eigenvalue weighted by Gasteiger charge is 2.13. The van der Waals surface area contributed by atoms with E-state index in [1.807, 2.05) is 6.92 Å². The first-order valence-electron chi connectivity index (χ1n) is 5.92. The number of carbonyl (C=O) groups is 2. The molecule has 0 spiro atoms. The van der Waals surface area contributed by atoms with Gasteiger partial charge in [-0.3, -0.25) is 9.59 Å². The van der Waals surface area contributed by atoms with Crippen LogP contribution in [0.5, 0.6) is 5.75 Å². The van der Waals surface area contributed by atoms with Gasteiger partial charge in [-0.2, -0.15) is 0 Å². The third kappa shape index (κ3) is 2.14. The Labute approximate surface area is 105 Å². The zero-order chi connectivity index (χ0) is 13.3. The lowest BCUT2D eigenvalue weighted by molar-refractivity contribution is 0.0976. The van der Waals surface area contributed by atoms with Gasteiger partial charge in [0.25, 0.3) is 0 Å². The second-order valence-electron chi connectivity index (χ2n) is 4.37. The molecule has 0 saturated heterocycles.